The van der Waals surface area contributed by atoms with Crippen LogP contribution < -0.4 is 15.0 Å². The van der Waals surface area contributed by atoms with Crippen LogP contribution in [-0.4, -0.2) is 41.9 Å². The van der Waals surface area contributed by atoms with Crippen molar-refractivity contribution in [2.24, 2.45) is 0 Å². The van der Waals surface area contributed by atoms with E-state index in [2.05, 4.69) is 51.4 Å². The van der Waals surface area contributed by atoms with E-state index in [1.165, 1.54) is 5.56 Å². The molecule has 0 amide bonds. The Morgan fingerprint density at radius 1 is 1.14 bits per heavy atom. The maximum atomic E-state index is 5.15. The molecule has 6 heteroatoms. The molecule has 0 aliphatic carbocycles. The van der Waals surface area contributed by atoms with Gasteiger partial charge in [0.2, 0.25) is 5.95 Å². The topological polar surface area (TPSA) is 63.2 Å². The van der Waals surface area contributed by atoms with Gasteiger partial charge in [-0.25, -0.2) is 0 Å². The van der Waals surface area contributed by atoms with Gasteiger partial charge in [0, 0.05) is 19.6 Å². The van der Waals surface area contributed by atoms with Crippen molar-refractivity contribution in [3.63, 3.8) is 0 Å². The Bertz CT molecular complexity index is 569. The lowest BCUT2D eigenvalue weighted by molar-refractivity contribution is 0.414. The summed E-state index contributed by atoms with van der Waals surface area (Å²) in [7, 11) is 1.67. The summed E-state index contributed by atoms with van der Waals surface area (Å²) in [6, 6.07) is 8.08. The number of benzene rings is 1. The molecule has 6 nitrogen and oxygen atoms in total. The molecule has 1 aromatic heterocycles. The second-order valence-corrected chi connectivity index (χ2v) is 4.84. The second-order valence-electron chi connectivity index (χ2n) is 4.84. The molecule has 1 aromatic carbocycles. The first kappa shape index (κ1) is 16.0. The van der Waals surface area contributed by atoms with Crippen LogP contribution in [0, 0.1) is 0 Å². The number of anilines is 2. The highest BCUT2D eigenvalue weighted by atomic mass is 16.5. The highest BCUT2D eigenvalue weighted by Crippen LogP contribution is 2.12. The van der Waals surface area contributed by atoms with Gasteiger partial charge in [-0.3, -0.25) is 0 Å². The molecule has 2 rings (SSSR count). The van der Waals surface area contributed by atoms with Gasteiger partial charge in [-0.1, -0.05) is 12.1 Å². The van der Waals surface area contributed by atoms with Crippen LogP contribution in [0.5, 0.6) is 5.75 Å². The molecule has 0 saturated carbocycles. The van der Waals surface area contributed by atoms with Crippen molar-refractivity contribution >= 4 is 11.8 Å². The smallest absolute Gasteiger partial charge is 0.247 e. The quantitative estimate of drug-likeness (QED) is 0.807. The SMILES string of the molecule is CCN(CC)c1nncc(NCCc2ccc(OC)cc2)n1. The lowest BCUT2D eigenvalue weighted by atomic mass is 10.1. The number of methoxy groups -OCH3 is 1. The van der Waals surface area contributed by atoms with E-state index in [4.69, 9.17) is 4.74 Å². The molecule has 0 bridgehead atoms. The largest absolute Gasteiger partial charge is 0.497 e. The van der Waals surface area contributed by atoms with Crippen molar-refractivity contribution in [3.8, 4) is 5.75 Å². The van der Waals surface area contributed by atoms with Crippen LogP contribution in [0.3, 0.4) is 0 Å². The zero-order valence-corrected chi connectivity index (χ0v) is 13.4. The second kappa shape index (κ2) is 8.17. The van der Waals surface area contributed by atoms with Crippen LogP contribution in [0.25, 0.3) is 0 Å². The van der Waals surface area contributed by atoms with Gasteiger partial charge in [-0.05, 0) is 38.0 Å². The first-order chi connectivity index (χ1) is 10.8. The Labute approximate surface area is 131 Å². The number of hydrogen-bond acceptors (Lipinski definition) is 6. The van der Waals surface area contributed by atoms with E-state index in [1.54, 1.807) is 13.3 Å². The molecule has 0 aliphatic heterocycles. The number of nitrogens with one attached hydrogen (secondary N) is 1. The summed E-state index contributed by atoms with van der Waals surface area (Å²) >= 11 is 0. The Kier molecular flexibility index (Phi) is 5.94. The number of hydrogen-bond donors (Lipinski definition) is 1. The van der Waals surface area contributed by atoms with Crippen molar-refractivity contribution in [2.75, 3.05) is 37.0 Å². The van der Waals surface area contributed by atoms with Gasteiger partial charge in [0.25, 0.3) is 0 Å². The van der Waals surface area contributed by atoms with Gasteiger partial charge in [0.1, 0.15) is 5.75 Å². The van der Waals surface area contributed by atoms with Crippen molar-refractivity contribution in [1.82, 2.24) is 15.2 Å². The average molecular weight is 301 g/mol. The minimum absolute atomic E-state index is 0.666. The van der Waals surface area contributed by atoms with Crippen LogP contribution in [0.15, 0.2) is 30.5 Å². The molecule has 0 fully saturated rings. The molecule has 0 saturated heterocycles. The maximum absolute atomic E-state index is 5.15. The molecule has 2 aromatic rings. The fraction of sp³-hybridized carbons (Fsp3) is 0.438. The van der Waals surface area contributed by atoms with E-state index in [0.717, 1.165) is 37.6 Å². The normalized spacial score (nSPS) is 10.3. The summed E-state index contributed by atoms with van der Waals surface area (Å²) in [5.41, 5.74) is 1.25. The van der Waals surface area contributed by atoms with Gasteiger partial charge < -0.3 is 15.0 Å². The highest BCUT2D eigenvalue weighted by molar-refractivity contribution is 5.39. The van der Waals surface area contributed by atoms with Gasteiger partial charge in [-0.15, -0.1) is 5.10 Å². The van der Waals surface area contributed by atoms with Crippen LogP contribution in [0.2, 0.25) is 0 Å². The summed E-state index contributed by atoms with van der Waals surface area (Å²) < 4.78 is 5.15. The van der Waals surface area contributed by atoms with Crippen molar-refractivity contribution in [1.29, 1.82) is 0 Å². The van der Waals surface area contributed by atoms with E-state index in [-0.39, 0.29) is 0 Å². The van der Waals surface area contributed by atoms with E-state index >= 15 is 0 Å². The Morgan fingerprint density at radius 3 is 2.50 bits per heavy atom. The molecular formula is C16H23N5O. The lowest BCUT2D eigenvalue weighted by Crippen LogP contribution is -2.25. The van der Waals surface area contributed by atoms with Crippen molar-refractivity contribution in [2.45, 2.75) is 20.3 Å². The number of nitrogens with zero attached hydrogens (tertiary/aromatic N) is 4. The fourth-order valence-electron chi connectivity index (χ4n) is 2.15. The van der Waals surface area contributed by atoms with E-state index < -0.39 is 0 Å². The van der Waals surface area contributed by atoms with Crippen molar-refractivity contribution in [3.05, 3.63) is 36.0 Å². The molecule has 0 unspecified atom stereocenters. The zero-order chi connectivity index (χ0) is 15.8. The predicted molar refractivity (Wildman–Crippen MR) is 88.6 cm³/mol. The Hall–Kier alpha value is -2.37. The number of rotatable bonds is 8. The van der Waals surface area contributed by atoms with E-state index in [9.17, 15) is 0 Å². The van der Waals surface area contributed by atoms with Crippen LogP contribution in [-0.2, 0) is 6.42 Å². The molecule has 22 heavy (non-hydrogen) atoms. The minimum atomic E-state index is 0.666. The third-order valence-corrected chi connectivity index (χ3v) is 3.47. The fourth-order valence-corrected chi connectivity index (χ4v) is 2.15. The van der Waals surface area contributed by atoms with E-state index in [1.807, 2.05) is 12.1 Å². The number of aromatic nitrogens is 3. The van der Waals surface area contributed by atoms with Gasteiger partial charge in [-0.2, -0.15) is 10.1 Å². The Morgan fingerprint density at radius 2 is 1.86 bits per heavy atom. The summed E-state index contributed by atoms with van der Waals surface area (Å²) in [6.45, 7) is 6.69. The lowest BCUT2D eigenvalue weighted by Gasteiger charge is -2.18. The molecular weight excluding hydrogens is 278 g/mol. The third kappa shape index (κ3) is 4.31. The molecule has 118 valence electrons. The monoisotopic (exact) mass is 301 g/mol. The zero-order valence-electron chi connectivity index (χ0n) is 13.4. The average Bonchev–Trinajstić information content (AvgIpc) is 2.57. The third-order valence-electron chi connectivity index (χ3n) is 3.47. The van der Waals surface area contributed by atoms with Gasteiger partial charge >= 0.3 is 0 Å². The molecule has 0 atom stereocenters. The molecule has 1 N–H and O–H groups in total. The predicted octanol–water partition coefficient (Wildman–Crippen LogP) is 2.38. The first-order valence-corrected chi connectivity index (χ1v) is 7.58. The standard InChI is InChI=1S/C16H23N5O/c1-4-21(5-2)16-19-15(12-18-20-16)17-11-10-13-6-8-14(22-3)9-7-13/h6-9,12H,4-5,10-11H2,1-3H3,(H,17,19,20). The molecule has 0 radical (unpaired) electrons. The van der Waals surface area contributed by atoms with Crippen LogP contribution >= 0.6 is 0 Å². The molecule has 0 aliphatic rings. The van der Waals surface area contributed by atoms with E-state index in [0.29, 0.717) is 5.95 Å². The minimum Gasteiger partial charge on any atom is -0.497 e. The summed E-state index contributed by atoms with van der Waals surface area (Å²) in [4.78, 5) is 6.57. The van der Waals surface area contributed by atoms with Crippen molar-refractivity contribution < 1.29 is 4.74 Å². The summed E-state index contributed by atoms with van der Waals surface area (Å²) in [6.07, 6.45) is 2.57. The molecule has 0 spiro atoms. The maximum Gasteiger partial charge on any atom is 0.247 e. The summed E-state index contributed by atoms with van der Waals surface area (Å²) in [5, 5.41) is 11.4. The number of ether oxygens (including phenoxy) is 1. The van der Waals surface area contributed by atoms with Crippen LogP contribution in [0.4, 0.5) is 11.8 Å². The molecule has 1 heterocycles. The Balaban J connectivity index is 1.89. The van der Waals surface area contributed by atoms with Gasteiger partial charge in [0.05, 0.1) is 13.3 Å². The summed E-state index contributed by atoms with van der Waals surface area (Å²) in [5.74, 6) is 2.30. The first-order valence-electron chi connectivity index (χ1n) is 7.58. The van der Waals surface area contributed by atoms with Crippen LogP contribution in [0.1, 0.15) is 19.4 Å². The highest BCUT2D eigenvalue weighted by Gasteiger charge is 2.06. The van der Waals surface area contributed by atoms with Gasteiger partial charge in [0.15, 0.2) is 5.82 Å².